The van der Waals surface area contributed by atoms with Crippen LogP contribution in [0.3, 0.4) is 0 Å². The smallest absolute Gasteiger partial charge is 0.478 e. The molecule has 0 aliphatic rings. The van der Waals surface area contributed by atoms with Gasteiger partial charge in [-0.3, -0.25) is 0 Å². The molecule has 61 heavy (non-hydrogen) atoms. The first-order chi connectivity index (χ1) is 28.4. The molecule has 20 heteroatoms. The second-order valence-corrected chi connectivity index (χ2v) is 18.7. The zero-order valence-electron chi connectivity index (χ0n) is 34.9. The van der Waals surface area contributed by atoms with Crippen molar-refractivity contribution in [2.75, 3.05) is 43.5 Å². The second-order valence-electron chi connectivity index (χ2n) is 14.4. The third kappa shape index (κ3) is 12.2. The van der Waals surface area contributed by atoms with Crippen molar-refractivity contribution in [1.29, 1.82) is 0 Å². The Morgan fingerprint density at radius 1 is 0.656 bits per heavy atom. The van der Waals surface area contributed by atoms with Crippen molar-refractivity contribution in [3.8, 4) is 11.3 Å². The number of benzene rings is 4. The number of aromatic carboxylic acids is 1. The normalized spacial score (nSPS) is 11.4. The molecule has 0 fully saturated rings. The van der Waals surface area contributed by atoms with E-state index in [1.807, 2.05) is 51.6 Å². The van der Waals surface area contributed by atoms with Crippen LogP contribution in [0.15, 0.2) is 94.7 Å². The Kier molecular flexibility index (Phi) is 15.5. The van der Waals surface area contributed by atoms with E-state index in [9.17, 15) is 31.5 Å². The van der Waals surface area contributed by atoms with Gasteiger partial charge in [0.25, 0.3) is 0 Å². The van der Waals surface area contributed by atoms with Crippen LogP contribution in [-0.4, -0.2) is 117 Å². The number of ether oxygens (including phenoxy) is 1. The zero-order valence-corrected chi connectivity index (χ0v) is 37.3. The predicted molar refractivity (Wildman–Crippen MR) is 237 cm³/mol. The average Bonchev–Trinajstić information content (AvgIpc) is 3.21. The highest BCUT2D eigenvalue weighted by Crippen LogP contribution is 2.31. The Labute approximate surface area is 359 Å². The number of sulfone groups is 2. The van der Waals surface area contributed by atoms with Crippen LogP contribution in [-0.2, 0) is 24.4 Å². The van der Waals surface area contributed by atoms with E-state index in [4.69, 9.17) is 31.4 Å². The van der Waals surface area contributed by atoms with Crippen LogP contribution in [0.5, 0.6) is 0 Å². The quantitative estimate of drug-likeness (QED) is 0.122. The average molecular weight is 893 g/mol. The van der Waals surface area contributed by atoms with Crippen LogP contribution >= 0.6 is 11.6 Å². The van der Waals surface area contributed by atoms with Crippen molar-refractivity contribution < 1.29 is 46.3 Å². The van der Waals surface area contributed by atoms with Gasteiger partial charge in [-0.2, -0.15) is 0 Å². The minimum absolute atomic E-state index is 0.128. The first kappa shape index (κ1) is 47.9. The third-order valence-corrected chi connectivity index (χ3v) is 11.8. The molecule has 0 unspecified atom stereocenters. The van der Waals surface area contributed by atoms with Gasteiger partial charge in [-0.15, -0.1) is 0 Å². The number of carbonyl (C=O) groups excluding carboxylic acids is 1. The largest absolute Gasteiger partial charge is 0.488 e. The number of rotatable bonds is 10. The molecule has 2 aromatic heterocycles. The first-order valence-electron chi connectivity index (χ1n) is 18.5. The van der Waals surface area contributed by atoms with Crippen LogP contribution in [0.25, 0.3) is 33.3 Å². The molecule has 6 aromatic rings. The molecule has 0 aliphatic carbocycles. The highest BCUT2D eigenvalue weighted by Gasteiger charge is 2.19. The Hall–Kier alpha value is -5.73. The van der Waals surface area contributed by atoms with Crippen LogP contribution in [0.2, 0.25) is 5.15 Å². The molecular formula is C41H46BClN6O10S2. The highest BCUT2D eigenvalue weighted by molar-refractivity contribution is 7.91. The van der Waals surface area contributed by atoms with Gasteiger partial charge >= 0.3 is 19.1 Å². The number of fused-ring (bicyclic) bond motifs is 2. The van der Waals surface area contributed by atoms with Crippen molar-refractivity contribution in [3.05, 3.63) is 101 Å². The van der Waals surface area contributed by atoms with Gasteiger partial charge in [-0.05, 0) is 93.8 Å². The molecule has 0 saturated carbocycles. The molecule has 322 valence electrons. The van der Waals surface area contributed by atoms with Crippen molar-refractivity contribution in [3.63, 3.8) is 0 Å². The van der Waals surface area contributed by atoms with E-state index in [0.717, 1.165) is 18.1 Å². The van der Waals surface area contributed by atoms with Gasteiger partial charge in [0.2, 0.25) is 0 Å². The molecule has 6 rings (SSSR count). The maximum Gasteiger partial charge on any atom is 0.488 e. The van der Waals surface area contributed by atoms with E-state index in [2.05, 4.69) is 15.0 Å². The summed E-state index contributed by atoms with van der Waals surface area (Å²) in [5.74, 6) is -0.237. The number of halogens is 1. The molecular weight excluding hydrogens is 847 g/mol. The number of aromatic nitrogens is 4. The highest BCUT2D eigenvalue weighted by atomic mass is 35.5. The molecule has 3 N–H and O–H groups in total. The van der Waals surface area contributed by atoms with Gasteiger partial charge in [-0.1, -0.05) is 35.9 Å². The number of anilines is 2. The zero-order chi connectivity index (χ0) is 45.6. The molecule has 2 heterocycles. The summed E-state index contributed by atoms with van der Waals surface area (Å²) in [4.78, 5) is 45.3. The Morgan fingerprint density at radius 2 is 1.10 bits per heavy atom. The lowest BCUT2D eigenvalue weighted by molar-refractivity contribution is 0.0600. The van der Waals surface area contributed by atoms with E-state index in [0.29, 0.717) is 50.1 Å². The van der Waals surface area contributed by atoms with Gasteiger partial charge in [-0.25, -0.2) is 46.4 Å². The van der Waals surface area contributed by atoms with Gasteiger partial charge in [0.15, 0.2) is 36.5 Å². The predicted octanol–water partition coefficient (Wildman–Crippen LogP) is 4.93. The minimum atomic E-state index is -3.29. The van der Waals surface area contributed by atoms with Crippen molar-refractivity contribution >= 4 is 89.5 Å². The number of esters is 1. The Balaban J connectivity index is 0.000000217. The number of carboxylic acids is 1. The minimum Gasteiger partial charge on any atom is -0.478 e. The molecule has 4 aromatic carbocycles. The topological polar surface area (TPSA) is 230 Å². The maximum absolute atomic E-state index is 11.7. The van der Waals surface area contributed by atoms with E-state index >= 15 is 0 Å². The lowest BCUT2D eigenvalue weighted by atomic mass is 9.81. The number of carbonyl (C=O) groups is 2. The van der Waals surface area contributed by atoms with E-state index in [1.165, 1.54) is 43.5 Å². The van der Waals surface area contributed by atoms with Crippen molar-refractivity contribution in [2.45, 2.75) is 49.6 Å². The molecule has 0 atom stereocenters. The van der Waals surface area contributed by atoms with Crippen molar-refractivity contribution in [2.24, 2.45) is 0 Å². The number of nitrogens with zero attached hydrogens (tertiary/aromatic N) is 6. The summed E-state index contributed by atoms with van der Waals surface area (Å²) in [6.45, 7) is 8.09. The standard InChI is InChI=1S/C20H21N3O4S.C14H16ClN3O2.C7H9BO4S/c1-12(2)23(3)19-18(13-5-8-15(9-6-13)28(4,26)27)21-16-10-7-14(20(24)25)11-17(16)22-19;1-8(2)18(3)13-12(15)16-10-6-5-9(14(19)20-4)7-11(10)17-13;1-13(11,12)7-4-2-6(3-5-7)8(9)10/h5-12H,1-4H3,(H,24,25);5-8H,1-4H3;2-5,9-10H,1H3. The Morgan fingerprint density at radius 3 is 1.56 bits per heavy atom. The number of hydrogen-bond acceptors (Lipinski definition) is 15. The summed E-state index contributed by atoms with van der Waals surface area (Å²) in [6.07, 6.45) is 2.26. The summed E-state index contributed by atoms with van der Waals surface area (Å²) >= 11 is 6.16. The van der Waals surface area contributed by atoms with Gasteiger partial charge in [0.05, 0.1) is 50.1 Å². The fraction of sp³-hybridized carbons (Fsp3) is 0.268. The number of hydrogen-bond donors (Lipinski definition) is 3. The fourth-order valence-electron chi connectivity index (χ4n) is 5.35. The monoisotopic (exact) mass is 892 g/mol. The van der Waals surface area contributed by atoms with E-state index in [1.54, 1.807) is 48.5 Å². The van der Waals surface area contributed by atoms with Crippen LogP contribution < -0.4 is 15.3 Å². The third-order valence-electron chi connectivity index (χ3n) is 9.30. The lowest BCUT2D eigenvalue weighted by Gasteiger charge is -2.25. The summed E-state index contributed by atoms with van der Waals surface area (Å²) in [5, 5.41) is 27.0. The van der Waals surface area contributed by atoms with Crippen LogP contribution in [0.4, 0.5) is 11.6 Å². The van der Waals surface area contributed by atoms with Crippen LogP contribution in [0.1, 0.15) is 48.4 Å². The van der Waals surface area contributed by atoms with E-state index < -0.39 is 38.7 Å². The Bertz CT molecular complexity index is 2780. The second kappa shape index (κ2) is 19.8. The number of methoxy groups -OCH3 is 1. The van der Waals surface area contributed by atoms with Crippen LogP contribution in [0, 0.1) is 0 Å². The van der Waals surface area contributed by atoms with Gasteiger partial charge in [0.1, 0.15) is 5.69 Å². The molecule has 0 saturated heterocycles. The van der Waals surface area contributed by atoms with E-state index in [-0.39, 0.29) is 32.9 Å². The van der Waals surface area contributed by atoms with Gasteiger partial charge < -0.3 is 29.7 Å². The lowest BCUT2D eigenvalue weighted by Crippen LogP contribution is -2.29. The van der Waals surface area contributed by atoms with Crippen molar-refractivity contribution in [1.82, 2.24) is 19.9 Å². The molecule has 0 radical (unpaired) electrons. The first-order valence-corrected chi connectivity index (χ1v) is 22.6. The number of carboxylic acid groups (broad SMARTS) is 1. The summed E-state index contributed by atoms with van der Waals surface area (Å²) in [5.41, 5.74) is 4.49. The molecule has 0 aliphatic heterocycles. The molecule has 0 amide bonds. The molecule has 0 spiro atoms. The molecule has 16 nitrogen and oxygen atoms in total. The van der Waals surface area contributed by atoms with Gasteiger partial charge in [0, 0.05) is 44.3 Å². The summed E-state index contributed by atoms with van der Waals surface area (Å²) in [6, 6.07) is 21.9. The summed E-state index contributed by atoms with van der Waals surface area (Å²) < 4.78 is 50.1. The SMILES string of the molecule is CC(C)N(C)c1nc2cc(C(=O)O)ccc2nc1-c1ccc(S(C)(=O)=O)cc1.COC(=O)c1ccc2nc(Cl)c(N(C)C(C)C)nc2c1.CS(=O)(=O)c1ccc(B(O)O)cc1. The summed E-state index contributed by atoms with van der Waals surface area (Å²) in [7, 11) is -2.93. The molecule has 0 bridgehead atoms. The fourth-order valence-corrected chi connectivity index (χ4v) is 6.87. The maximum atomic E-state index is 11.7.